The third-order valence-electron chi connectivity index (χ3n) is 5.06. The van der Waals surface area contributed by atoms with Gasteiger partial charge in [-0.2, -0.15) is 13.7 Å². The Morgan fingerprint density at radius 3 is 2.23 bits per heavy atom. The van der Waals surface area contributed by atoms with E-state index in [1.165, 1.54) is 16.7 Å². The summed E-state index contributed by atoms with van der Waals surface area (Å²) in [5.41, 5.74) is 2.05. The Balaban J connectivity index is 2.00. The molecule has 0 amide bonds. The Hall–Kier alpha value is -3.89. The van der Waals surface area contributed by atoms with Gasteiger partial charge in [-0.05, 0) is 48.9 Å². The normalized spacial score (nSPS) is 11.3. The van der Waals surface area contributed by atoms with Crippen LogP contribution in [0.25, 0.3) is 22.0 Å². The molecule has 0 radical (unpaired) electrons. The molecule has 0 saturated heterocycles. The number of nitriles is 1. The van der Waals surface area contributed by atoms with Crippen molar-refractivity contribution in [3.8, 4) is 22.9 Å². The maximum atomic E-state index is 13.2. The Morgan fingerprint density at radius 2 is 1.58 bits per heavy atom. The van der Waals surface area contributed by atoms with Crippen LogP contribution in [0.5, 0.6) is 5.75 Å². The highest BCUT2D eigenvalue weighted by Crippen LogP contribution is 2.36. The van der Waals surface area contributed by atoms with Crippen LogP contribution in [0.2, 0.25) is 0 Å². The van der Waals surface area contributed by atoms with Crippen LogP contribution in [0.1, 0.15) is 11.1 Å². The molecule has 0 N–H and O–H groups in total. The van der Waals surface area contributed by atoms with Crippen molar-refractivity contribution in [2.45, 2.75) is 11.8 Å². The van der Waals surface area contributed by atoms with Gasteiger partial charge in [-0.25, -0.2) is 0 Å². The van der Waals surface area contributed by atoms with E-state index in [4.69, 9.17) is 9.44 Å². The fourth-order valence-electron chi connectivity index (χ4n) is 3.38. The lowest BCUT2D eigenvalue weighted by molar-refractivity contribution is 0.488. The summed E-state index contributed by atoms with van der Waals surface area (Å²) in [6.45, 7) is 1.86. The van der Waals surface area contributed by atoms with E-state index in [0.717, 1.165) is 5.56 Å². The maximum absolute atomic E-state index is 13.2. The number of rotatable bonds is 4. The van der Waals surface area contributed by atoms with Crippen LogP contribution in [0.3, 0.4) is 0 Å². The van der Waals surface area contributed by atoms with Crippen molar-refractivity contribution in [2.75, 3.05) is 0 Å². The summed E-state index contributed by atoms with van der Waals surface area (Å²) in [6.07, 6.45) is 0. The molecule has 0 spiro atoms. The Bertz CT molecular complexity index is 1500. The van der Waals surface area contributed by atoms with E-state index >= 15 is 0 Å². The van der Waals surface area contributed by atoms with Gasteiger partial charge in [0.15, 0.2) is 5.75 Å². The average molecular weight is 430 g/mol. The smallest absolute Gasteiger partial charge is 0.339 e. The average Bonchev–Trinajstić information content (AvgIpc) is 2.78. The SMILES string of the molecule is Cc1ccc(S(=O)(=O)Oc2c(-c3ccc(C#N)cc3)c(=O)n(C)c3ccccc23)cc1. The molecule has 0 unspecified atom stereocenters. The molecule has 7 heteroatoms. The standard InChI is InChI=1S/C24H18N2O4S/c1-16-7-13-19(14-8-16)31(28,29)30-23-20-5-3-4-6-21(20)26(2)24(27)22(23)18-11-9-17(15-25)10-12-18/h3-14H,1-2H3. The first kappa shape index (κ1) is 20.4. The van der Waals surface area contributed by atoms with Gasteiger partial charge in [0.25, 0.3) is 5.56 Å². The first-order valence-electron chi connectivity index (χ1n) is 9.45. The second kappa shape index (κ2) is 7.74. The number of nitrogens with zero attached hydrogens (tertiary/aromatic N) is 2. The molecular formula is C24H18N2O4S. The van der Waals surface area contributed by atoms with Crippen LogP contribution in [-0.2, 0) is 17.2 Å². The topological polar surface area (TPSA) is 89.2 Å². The van der Waals surface area contributed by atoms with Crippen LogP contribution >= 0.6 is 0 Å². The minimum Gasteiger partial charge on any atom is -0.377 e. The number of para-hydroxylation sites is 1. The van der Waals surface area contributed by atoms with E-state index in [0.29, 0.717) is 22.0 Å². The number of fused-ring (bicyclic) bond motifs is 1. The van der Waals surface area contributed by atoms with Gasteiger partial charge in [0.2, 0.25) is 0 Å². The first-order chi connectivity index (χ1) is 14.8. The monoisotopic (exact) mass is 430 g/mol. The zero-order valence-electron chi connectivity index (χ0n) is 16.9. The highest BCUT2D eigenvalue weighted by Gasteiger charge is 2.24. The molecule has 0 aliphatic rings. The van der Waals surface area contributed by atoms with Gasteiger partial charge in [-0.15, -0.1) is 0 Å². The summed E-state index contributed by atoms with van der Waals surface area (Å²) in [5, 5.41) is 9.56. The third-order valence-corrected chi connectivity index (χ3v) is 6.30. The third kappa shape index (κ3) is 3.69. The Labute approximate surface area is 179 Å². The van der Waals surface area contributed by atoms with Gasteiger partial charge in [0.05, 0.1) is 22.7 Å². The molecule has 1 heterocycles. The summed E-state index contributed by atoms with van der Waals surface area (Å²) in [5.74, 6) is -0.0380. The van der Waals surface area contributed by atoms with E-state index < -0.39 is 15.7 Å². The lowest BCUT2D eigenvalue weighted by Crippen LogP contribution is -2.22. The number of benzene rings is 3. The number of aromatic nitrogens is 1. The molecular weight excluding hydrogens is 412 g/mol. The molecule has 0 bridgehead atoms. The van der Waals surface area contributed by atoms with Crippen molar-refractivity contribution in [1.29, 1.82) is 5.26 Å². The summed E-state index contributed by atoms with van der Waals surface area (Å²) in [4.78, 5) is 13.2. The number of aryl methyl sites for hydroxylation is 2. The molecule has 6 nitrogen and oxygen atoms in total. The fourth-order valence-corrected chi connectivity index (χ4v) is 4.34. The van der Waals surface area contributed by atoms with Gasteiger partial charge in [0, 0.05) is 12.4 Å². The van der Waals surface area contributed by atoms with Gasteiger partial charge in [-0.3, -0.25) is 4.79 Å². The predicted octanol–water partition coefficient (Wildman–Crippen LogP) is 4.15. The van der Waals surface area contributed by atoms with Crippen molar-refractivity contribution >= 4 is 21.0 Å². The van der Waals surface area contributed by atoms with Gasteiger partial charge < -0.3 is 8.75 Å². The van der Waals surface area contributed by atoms with E-state index in [-0.39, 0.29) is 16.2 Å². The van der Waals surface area contributed by atoms with Gasteiger partial charge in [0.1, 0.15) is 4.90 Å². The van der Waals surface area contributed by atoms with E-state index in [1.54, 1.807) is 67.7 Å². The maximum Gasteiger partial charge on any atom is 0.339 e. The second-order valence-electron chi connectivity index (χ2n) is 7.13. The highest BCUT2D eigenvalue weighted by atomic mass is 32.2. The Morgan fingerprint density at radius 1 is 0.935 bits per heavy atom. The molecule has 0 saturated carbocycles. The molecule has 31 heavy (non-hydrogen) atoms. The number of hydrogen-bond donors (Lipinski definition) is 0. The van der Waals surface area contributed by atoms with Gasteiger partial charge >= 0.3 is 10.1 Å². The number of pyridine rings is 1. The van der Waals surface area contributed by atoms with Crippen molar-refractivity contribution in [2.24, 2.45) is 7.05 Å². The molecule has 3 aromatic carbocycles. The van der Waals surface area contributed by atoms with Crippen molar-refractivity contribution in [3.05, 3.63) is 94.3 Å². The van der Waals surface area contributed by atoms with E-state index in [1.807, 2.05) is 13.0 Å². The quantitative estimate of drug-likeness (QED) is 0.454. The number of hydrogen-bond acceptors (Lipinski definition) is 5. The molecule has 4 aromatic rings. The molecule has 0 aliphatic carbocycles. The Kier molecular flexibility index (Phi) is 5.09. The zero-order chi connectivity index (χ0) is 22.2. The first-order valence-corrected chi connectivity index (χ1v) is 10.9. The molecule has 1 aromatic heterocycles. The molecule has 4 rings (SSSR count). The predicted molar refractivity (Wildman–Crippen MR) is 118 cm³/mol. The van der Waals surface area contributed by atoms with Crippen LogP contribution < -0.4 is 9.74 Å². The van der Waals surface area contributed by atoms with Crippen molar-refractivity contribution < 1.29 is 12.6 Å². The lowest BCUT2D eigenvalue weighted by Gasteiger charge is -2.16. The molecule has 154 valence electrons. The molecule has 0 atom stereocenters. The van der Waals surface area contributed by atoms with E-state index in [2.05, 4.69) is 0 Å². The van der Waals surface area contributed by atoms with Crippen LogP contribution in [0.4, 0.5) is 0 Å². The molecule has 0 aliphatic heterocycles. The zero-order valence-corrected chi connectivity index (χ0v) is 17.7. The van der Waals surface area contributed by atoms with Crippen LogP contribution in [-0.4, -0.2) is 13.0 Å². The lowest BCUT2D eigenvalue weighted by atomic mass is 10.0. The van der Waals surface area contributed by atoms with Crippen LogP contribution in [0, 0.1) is 18.3 Å². The van der Waals surface area contributed by atoms with Crippen LogP contribution in [0.15, 0.2) is 82.5 Å². The largest absolute Gasteiger partial charge is 0.377 e. The minimum atomic E-state index is -4.19. The van der Waals surface area contributed by atoms with E-state index in [9.17, 15) is 13.2 Å². The fraction of sp³-hybridized carbons (Fsp3) is 0.0833. The summed E-state index contributed by atoms with van der Waals surface area (Å²) >= 11 is 0. The highest BCUT2D eigenvalue weighted by molar-refractivity contribution is 7.87. The summed E-state index contributed by atoms with van der Waals surface area (Å²) < 4.78 is 33.2. The van der Waals surface area contributed by atoms with Gasteiger partial charge in [-0.1, -0.05) is 42.0 Å². The summed E-state index contributed by atoms with van der Waals surface area (Å²) in [7, 11) is -2.57. The molecule has 0 fully saturated rings. The minimum absolute atomic E-state index is 0.00589. The second-order valence-corrected chi connectivity index (χ2v) is 8.67. The van der Waals surface area contributed by atoms with Crippen molar-refractivity contribution in [3.63, 3.8) is 0 Å². The van der Waals surface area contributed by atoms with Crippen molar-refractivity contribution in [1.82, 2.24) is 4.57 Å². The summed E-state index contributed by atoms with van der Waals surface area (Å²) in [6, 6.07) is 21.6.